The van der Waals surface area contributed by atoms with Crippen LogP contribution in [-0.2, 0) is 22.9 Å². The SMILES string of the molecule is CC1=C(N)Nc2cc(CNCc3ccc(S(C)(=O)=O)cc3)ccc2O1.Cl.Cl. The molecule has 0 spiro atoms. The Morgan fingerprint density at radius 3 is 2.26 bits per heavy atom. The summed E-state index contributed by atoms with van der Waals surface area (Å²) < 4.78 is 28.6. The lowest BCUT2D eigenvalue weighted by Gasteiger charge is -2.21. The first kappa shape index (κ1) is 23.1. The third-order valence-corrected chi connectivity index (χ3v) is 5.09. The molecule has 148 valence electrons. The van der Waals surface area contributed by atoms with E-state index in [1.54, 1.807) is 12.1 Å². The van der Waals surface area contributed by atoms with Gasteiger partial charge in [-0.2, -0.15) is 0 Å². The molecule has 2 aromatic rings. The monoisotopic (exact) mass is 431 g/mol. The Hall–Kier alpha value is -1.93. The molecule has 0 atom stereocenters. The third-order valence-electron chi connectivity index (χ3n) is 3.97. The first-order valence-corrected chi connectivity index (χ1v) is 9.76. The van der Waals surface area contributed by atoms with E-state index in [9.17, 15) is 8.42 Å². The number of hydrogen-bond donors (Lipinski definition) is 3. The number of allylic oxidation sites excluding steroid dienone is 1. The van der Waals surface area contributed by atoms with E-state index < -0.39 is 9.84 Å². The van der Waals surface area contributed by atoms with E-state index in [-0.39, 0.29) is 24.8 Å². The zero-order valence-corrected chi connectivity index (χ0v) is 17.4. The largest absolute Gasteiger partial charge is 0.456 e. The minimum atomic E-state index is -3.15. The normalized spacial score (nSPS) is 12.8. The highest BCUT2D eigenvalue weighted by Gasteiger charge is 2.14. The number of halogens is 2. The molecule has 0 radical (unpaired) electrons. The second-order valence-electron chi connectivity index (χ2n) is 6.05. The van der Waals surface area contributed by atoms with Crippen LogP contribution in [0.5, 0.6) is 5.75 Å². The van der Waals surface area contributed by atoms with Crippen LogP contribution < -0.4 is 21.1 Å². The van der Waals surface area contributed by atoms with Crippen LogP contribution in [0.1, 0.15) is 18.1 Å². The molecule has 4 N–H and O–H groups in total. The van der Waals surface area contributed by atoms with Crippen LogP contribution in [0.15, 0.2) is 58.9 Å². The highest BCUT2D eigenvalue weighted by atomic mass is 35.5. The summed E-state index contributed by atoms with van der Waals surface area (Å²) in [6.45, 7) is 3.13. The molecule has 9 heteroatoms. The van der Waals surface area contributed by atoms with Gasteiger partial charge in [-0.25, -0.2) is 8.42 Å². The van der Waals surface area contributed by atoms with Gasteiger partial charge in [0.2, 0.25) is 0 Å². The maximum atomic E-state index is 11.5. The fourth-order valence-corrected chi connectivity index (χ4v) is 3.16. The third kappa shape index (κ3) is 5.77. The fraction of sp³-hybridized carbons (Fsp3) is 0.222. The van der Waals surface area contributed by atoms with Gasteiger partial charge in [-0.05, 0) is 42.3 Å². The van der Waals surface area contributed by atoms with Gasteiger partial charge >= 0.3 is 0 Å². The Morgan fingerprint density at radius 1 is 1.04 bits per heavy atom. The molecule has 0 saturated heterocycles. The van der Waals surface area contributed by atoms with Gasteiger partial charge in [0.05, 0.1) is 10.6 Å². The molecule has 1 heterocycles. The maximum Gasteiger partial charge on any atom is 0.175 e. The summed E-state index contributed by atoms with van der Waals surface area (Å²) in [5.74, 6) is 1.94. The zero-order valence-electron chi connectivity index (χ0n) is 15.0. The predicted molar refractivity (Wildman–Crippen MR) is 112 cm³/mol. The summed E-state index contributed by atoms with van der Waals surface area (Å²) in [7, 11) is -3.15. The van der Waals surface area contributed by atoms with Gasteiger partial charge in [-0.15, -0.1) is 24.8 Å². The number of hydrogen-bond acceptors (Lipinski definition) is 6. The van der Waals surface area contributed by atoms with Crippen LogP contribution in [0.25, 0.3) is 0 Å². The van der Waals surface area contributed by atoms with E-state index in [4.69, 9.17) is 10.5 Å². The van der Waals surface area contributed by atoms with Crippen molar-refractivity contribution in [1.82, 2.24) is 5.32 Å². The fourth-order valence-electron chi connectivity index (χ4n) is 2.53. The Balaban J connectivity index is 0.00000182. The van der Waals surface area contributed by atoms with E-state index in [0.717, 1.165) is 22.6 Å². The Kier molecular flexibility index (Phi) is 7.98. The van der Waals surface area contributed by atoms with Crippen LogP contribution in [-0.4, -0.2) is 14.7 Å². The van der Waals surface area contributed by atoms with Gasteiger partial charge < -0.3 is 21.1 Å². The standard InChI is InChI=1S/C18H21N3O3S.2ClH/c1-12-18(19)21-16-9-14(5-8-17(16)24-12)11-20-10-13-3-6-15(7-4-13)25(2,22)23;;/h3-9,20-21H,10-11,19H2,1-2H3;2*1H. The predicted octanol–water partition coefficient (Wildman–Crippen LogP) is 3.18. The maximum absolute atomic E-state index is 11.5. The van der Waals surface area contributed by atoms with Gasteiger partial charge in [0, 0.05) is 19.3 Å². The summed E-state index contributed by atoms with van der Waals surface area (Å²) in [6.07, 6.45) is 1.21. The molecule has 0 bridgehead atoms. The van der Waals surface area contributed by atoms with Gasteiger partial charge in [0.25, 0.3) is 0 Å². The molecule has 0 amide bonds. The Bertz CT molecular complexity index is 929. The molecular weight excluding hydrogens is 409 g/mol. The lowest BCUT2D eigenvalue weighted by molar-refractivity contribution is 0.415. The number of fused-ring (bicyclic) bond motifs is 1. The van der Waals surface area contributed by atoms with Crippen LogP contribution in [0.3, 0.4) is 0 Å². The van der Waals surface area contributed by atoms with Gasteiger partial charge in [0.1, 0.15) is 11.6 Å². The van der Waals surface area contributed by atoms with Crippen molar-refractivity contribution in [2.45, 2.75) is 24.9 Å². The van der Waals surface area contributed by atoms with Crippen molar-refractivity contribution in [2.75, 3.05) is 11.6 Å². The van der Waals surface area contributed by atoms with Gasteiger partial charge in [-0.3, -0.25) is 0 Å². The molecule has 6 nitrogen and oxygen atoms in total. The molecule has 0 aliphatic carbocycles. The molecule has 27 heavy (non-hydrogen) atoms. The van der Waals surface area contributed by atoms with E-state index >= 15 is 0 Å². The molecule has 1 aliphatic heterocycles. The van der Waals surface area contributed by atoms with Gasteiger partial charge in [0.15, 0.2) is 15.6 Å². The highest BCUT2D eigenvalue weighted by Crippen LogP contribution is 2.31. The zero-order chi connectivity index (χ0) is 18.0. The second-order valence-corrected chi connectivity index (χ2v) is 8.06. The van der Waals surface area contributed by atoms with Crippen molar-refractivity contribution in [1.29, 1.82) is 0 Å². The quantitative estimate of drug-likeness (QED) is 0.672. The molecule has 0 fully saturated rings. The van der Waals surface area contributed by atoms with Crippen LogP contribution in [0.2, 0.25) is 0 Å². The van der Waals surface area contributed by atoms with Crippen LogP contribution >= 0.6 is 24.8 Å². The summed E-state index contributed by atoms with van der Waals surface area (Å²) in [6, 6.07) is 12.8. The molecule has 2 aromatic carbocycles. The number of benzene rings is 2. The van der Waals surface area contributed by atoms with Crippen molar-refractivity contribution >= 4 is 40.3 Å². The number of anilines is 1. The first-order chi connectivity index (χ1) is 11.8. The number of rotatable bonds is 5. The molecule has 0 unspecified atom stereocenters. The highest BCUT2D eigenvalue weighted by molar-refractivity contribution is 7.90. The Morgan fingerprint density at radius 2 is 1.63 bits per heavy atom. The minimum absolute atomic E-state index is 0. The summed E-state index contributed by atoms with van der Waals surface area (Å²) in [5.41, 5.74) is 8.81. The van der Waals surface area contributed by atoms with Crippen molar-refractivity contribution in [3.8, 4) is 5.75 Å². The number of nitrogens with two attached hydrogens (primary N) is 1. The second kappa shape index (κ2) is 9.32. The van der Waals surface area contributed by atoms with E-state index in [1.165, 1.54) is 6.26 Å². The van der Waals surface area contributed by atoms with Crippen molar-refractivity contribution < 1.29 is 13.2 Å². The van der Waals surface area contributed by atoms with Crippen LogP contribution in [0, 0.1) is 0 Å². The van der Waals surface area contributed by atoms with E-state index in [0.29, 0.717) is 29.6 Å². The van der Waals surface area contributed by atoms with Crippen molar-refractivity contribution in [2.24, 2.45) is 5.73 Å². The average molecular weight is 432 g/mol. The summed E-state index contributed by atoms with van der Waals surface area (Å²) in [4.78, 5) is 0.331. The molecular formula is C18H23Cl2N3O3S. The van der Waals surface area contributed by atoms with E-state index in [1.807, 2.05) is 37.3 Å². The van der Waals surface area contributed by atoms with Crippen molar-refractivity contribution in [3.05, 3.63) is 65.2 Å². The summed E-state index contributed by atoms with van der Waals surface area (Å²) >= 11 is 0. The molecule has 0 aromatic heterocycles. The van der Waals surface area contributed by atoms with Crippen molar-refractivity contribution in [3.63, 3.8) is 0 Å². The summed E-state index contributed by atoms with van der Waals surface area (Å²) in [5, 5.41) is 6.47. The lowest BCUT2D eigenvalue weighted by atomic mass is 10.1. The Labute approximate surface area is 171 Å². The molecule has 0 saturated carbocycles. The van der Waals surface area contributed by atoms with Gasteiger partial charge in [-0.1, -0.05) is 18.2 Å². The smallest absolute Gasteiger partial charge is 0.175 e. The number of sulfone groups is 1. The van der Waals surface area contributed by atoms with E-state index in [2.05, 4.69) is 10.6 Å². The minimum Gasteiger partial charge on any atom is -0.456 e. The number of ether oxygens (including phenoxy) is 1. The first-order valence-electron chi connectivity index (χ1n) is 7.87. The molecule has 1 aliphatic rings. The average Bonchev–Trinajstić information content (AvgIpc) is 2.56. The molecule has 3 rings (SSSR count). The topological polar surface area (TPSA) is 93.5 Å². The number of nitrogens with one attached hydrogen (secondary N) is 2. The lowest BCUT2D eigenvalue weighted by Crippen LogP contribution is -2.19. The van der Waals surface area contributed by atoms with Crippen LogP contribution in [0.4, 0.5) is 5.69 Å².